The van der Waals surface area contributed by atoms with Gasteiger partial charge in [0.15, 0.2) is 0 Å². The van der Waals surface area contributed by atoms with Gasteiger partial charge in [-0.15, -0.1) is 6.58 Å². The SMILES string of the molecule is C=C(B(OC(C)C)OC(C)C)C(C)(C)[Si](C)(C)c1ccccc1. The second-order valence-corrected chi connectivity index (χ2v) is 12.9. The van der Waals surface area contributed by atoms with Crippen molar-refractivity contribution < 1.29 is 9.31 Å². The van der Waals surface area contributed by atoms with Crippen LogP contribution in [0.25, 0.3) is 0 Å². The zero-order chi connectivity index (χ0) is 17.8. The van der Waals surface area contributed by atoms with Crippen LogP contribution in [-0.2, 0) is 9.31 Å². The molecule has 1 aromatic rings. The van der Waals surface area contributed by atoms with Gasteiger partial charge in [-0.1, -0.05) is 62.5 Å². The third kappa shape index (κ3) is 4.82. The molecule has 0 bridgehead atoms. The van der Waals surface area contributed by atoms with Crippen molar-refractivity contribution in [1.82, 2.24) is 0 Å². The van der Waals surface area contributed by atoms with Crippen molar-refractivity contribution in [1.29, 1.82) is 0 Å². The van der Waals surface area contributed by atoms with Crippen LogP contribution >= 0.6 is 0 Å². The number of benzene rings is 1. The van der Waals surface area contributed by atoms with Crippen LogP contribution in [0.15, 0.2) is 42.4 Å². The van der Waals surface area contributed by atoms with Crippen LogP contribution in [0.2, 0.25) is 18.1 Å². The average molecular weight is 332 g/mol. The van der Waals surface area contributed by atoms with Crippen molar-refractivity contribution in [2.45, 2.75) is 71.9 Å². The maximum absolute atomic E-state index is 6.04. The molecule has 0 aliphatic carbocycles. The summed E-state index contributed by atoms with van der Waals surface area (Å²) in [5, 5.41) is 1.38. The average Bonchev–Trinajstić information content (AvgIpc) is 2.45. The fourth-order valence-corrected chi connectivity index (χ4v) is 5.27. The van der Waals surface area contributed by atoms with Gasteiger partial charge in [-0.2, -0.15) is 0 Å². The van der Waals surface area contributed by atoms with Gasteiger partial charge in [-0.25, -0.2) is 0 Å². The maximum atomic E-state index is 6.04. The summed E-state index contributed by atoms with van der Waals surface area (Å²) in [5.41, 5.74) is 1.04. The molecule has 1 aromatic carbocycles. The van der Waals surface area contributed by atoms with E-state index in [0.29, 0.717) is 0 Å². The van der Waals surface area contributed by atoms with E-state index < -0.39 is 8.07 Å². The first-order valence-corrected chi connectivity index (χ1v) is 11.6. The third-order valence-electron chi connectivity index (χ3n) is 4.94. The molecule has 4 heteroatoms. The Hall–Kier alpha value is -0.838. The van der Waals surface area contributed by atoms with Crippen LogP contribution in [0, 0.1) is 0 Å². The second-order valence-electron chi connectivity index (χ2n) is 7.84. The van der Waals surface area contributed by atoms with E-state index in [1.54, 1.807) is 0 Å². The molecule has 128 valence electrons. The number of allylic oxidation sites excluding steroid dienone is 1. The summed E-state index contributed by atoms with van der Waals surface area (Å²) >= 11 is 0. The van der Waals surface area contributed by atoms with E-state index in [2.05, 4.69) is 63.9 Å². The van der Waals surface area contributed by atoms with E-state index in [-0.39, 0.29) is 24.4 Å². The number of hydrogen-bond donors (Lipinski definition) is 0. The standard InChI is InChI=1S/C19H33BO2Si/c1-15(2)21-20(22-16(3)4)17(5)19(6,7)23(8,9)18-13-11-10-12-14-18/h10-16H,5H2,1-4,6-9H3. The lowest BCUT2D eigenvalue weighted by Gasteiger charge is -2.43. The molecule has 0 fully saturated rings. The third-order valence-corrected chi connectivity index (χ3v) is 10.2. The molecule has 0 aliphatic rings. The van der Waals surface area contributed by atoms with Gasteiger partial charge in [0, 0.05) is 12.2 Å². The van der Waals surface area contributed by atoms with Crippen molar-refractivity contribution in [3.05, 3.63) is 42.4 Å². The first kappa shape index (κ1) is 20.2. The van der Waals surface area contributed by atoms with E-state index in [0.717, 1.165) is 5.47 Å². The van der Waals surface area contributed by atoms with Gasteiger partial charge in [0.05, 0.1) is 8.07 Å². The Balaban J connectivity index is 3.14. The highest BCUT2D eigenvalue weighted by Gasteiger charge is 2.47. The van der Waals surface area contributed by atoms with E-state index in [4.69, 9.17) is 9.31 Å². The van der Waals surface area contributed by atoms with Gasteiger partial charge >= 0.3 is 7.12 Å². The molecule has 0 saturated carbocycles. The Morgan fingerprint density at radius 2 is 1.43 bits per heavy atom. The first-order valence-electron chi connectivity index (χ1n) is 8.56. The molecule has 0 aliphatic heterocycles. The summed E-state index contributed by atoms with van der Waals surface area (Å²) in [6.07, 6.45) is 0.209. The number of hydrogen-bond acceptors (Lipinski definition) is 2. The normalized spacial score (nSPS) is 12.8. The van der Waals surface area contributed by atoms with Gasteiger partial charge in [-0.3, -0.25) is 0 Å². The lowest BCUT2D eigenvalue weighted by atomic mass is 9.71. The van der Waals surface area contributed by atoms with E-state index in [9.17, 15) is 0 Å². The summed E-state index contributed by atoms with van der Waals surface area (Å²) in [5.74, 6) is 0. The molecule has 0 N–H and O–H groups in total. The van der Waals surface area contributed by atoms with Gasteiger partial charge in [0.25, 0.3) is 0 Å². The van der Waals surface area contributed by atoms with Crippen LogP contribution < -0.4 is 5.19 Å². The molecule has 0 atom stereocenters. The Labute approximate surface area is 144 Å². The maximum Gasteiger partial charge on any atom is 0.489 e. The van der Waals surface area contributed by atoms with E-state index >= 15 is 0 Å². The largest absolute Gasteiger partial charge is 0.489 e. The van der Waals surface area contributed by atoms with Gasteiger partial charge in [0.2, 0.25) is 0 Å². The molecule has 0 radical (unpaired) electrons. The Kier molecular flexibility index (Phi) is 6.87. The summed E-state index contributed by atoms with van der Waals surface area (Å²) in [6, 6.07) is 10.8. The lowest BCUT2D eigenvalue weighted by molar-refractivity contribution is 0.134. The Morgan fingerprint density at radius 1 is 1.00 bits per heavy atom. The van der Waals surface area contributed by atoms with Crippen LogP contribution in [0.3, 0.4) is 0 Å². The lowest BCUT2D eigenvalue weighted by Crippen LogP contribution is -2.53. The van der Waals surface area contributed by atoms with Crippen molar-refractivity contribution in [2.24, 2.45) is 0 Å². The molecule has 0 spiro atoms. The molecule has 0 saturated heterocycles. The van der Waals surface area contributed by atoms with Gasteiger partial charge in [-0.05, 0) is 38.2 Å². The van der Waals surface area contributed by atoms with E-state index in [1.807, 2.05) is 27.7 Å². The van der Waals surface area contributed by atoms with Crippen molar-refractivity contribution in [3.63, 3.8) is 0 Å². The zero-order valence-electron chi connectivity index (χ0n) is 16.1. The van der Waals surface area contributed by atoms with Crippen molar-refractivity contribution in [3.8, 4) is 0 Å². The molecule has 0 aromatic heterocycles. The monoisotopic (exact) mass is 332 g/mol. The Bertz CT molecular complexity index is 499. The Morgan fingerprint density at radius 3 is 1.83 bits per heavy atom. The number of rotatable bonds is 8. The second kappa shape index (κ2) is 7.82. The van der Waals surface area contributed by atoms with Crippen LogP contribution in [0.1, 0.15) is 41.5 Å². The minimum Gasteiger partial charge on any atom is -0.405 e. The minimum atomic E-state index is -1.79. The highest BCUT2D eigenvalue weighted by atomic mass is 28.3. The highest BCUT2D eigenvalue weighted by molar-refractivity contribution is 6.93. The van der Waals surface area contributed by atoms with Crippen LogP contribution in [0.4, 0.5) is 0 Å². The predicted octanol–water partition coefficient (Wildman–Crippen LogP) is 4.82. The molecule has 2 nitrogen and oxygen atoms in total. The predicted molar refractivity (Wildman–Crippen MR) is 105 cm³/mol. The fraction of sp³-hybridized carbons (Fsp3) is 0.579. The topological polar surface area (TPSA) is 18.5 Å². The molecular weight excluding hydrogens is 299 g/mol. The van der Waals surface area contributed by atoms with E-state index in [1.165, 1.54) is 5.19 Å². The van der Waals surface area contributed by atoms with Crippen LogP contribution in [-0.4, -0.2) is 27.4 Å². The molecule has 0 amide bonds. The summed E-state index contributed by atoms with van der Waals surface area (Å²) in [7, 11) is -2.16. The molecule has 0 heterocycles. The first-order chi connectivity index (χ1) is 10.5. The van der Waals surface area contributed by atoms with Crippen molar-refractivity contribution >= 4 is 20.4 Å². The molecule has 0 unspecified atom stereocenters. The summed E-state index contributed by atoms with van der Waals surface area (Å²) in [6.45, 7) is 21.9. The highest BCUT2D eigenvalue weighted by Crippen LogP contribution is 2.44. The van der Waals surface area contributed by atoms with Crippen LogP contribution in [0.5, 0.6) is 0 Å². The molecule has 23 heavy (non-hydrogen) atoms. The smallest absolute Gasteiger partial charge is 0.405 e. The summed E-state index contributed by atoms with van der Waals surface area (Å²) < 4.78 is 12.1. The van der Waals surface area contributed by atoms with Gasteiger partial charge in [0.1, 0.15) is 0 Å². The summed E-state index contributed by atoms with van der Waals surface area (Å²) in [4.78, 5) is 0. The fourth-order valence-electron chi connectivity index (χ4n) is 2.60. The molecule has 1 rings (SSSR count). The zero-order valence-corrected chi connectivity index (χ0v) is 17.1. The molecular formula is C19H33BO2Si. The van der Waals surface area contributed by atoms with Gasteiger partial charge < -0.3 is 9.31 Å². The quantitative estimate of drug-likeness (QED) is 0.636. The van der Waals surface area contributed by atoms with Crippen molar-refractivity contribution in [2.75, 3.05) is 0 Å². The minimum absolute atomic E-state index is 0.0528.